The van der Waals surface area contributed by atoms with Crippen LogP contribution in [0.4, 0.5) is 6.01 Å². The maximum atomic E-state index is 11.4. The summed E-state index contributed by atoms with van der Waals surface area (Å²) in [4.78, 5) is 17.4. The van der Waals surface area contributed by atoms with Gasteiger partial charge in [0.05, 0.1) is 6.61 Å². The van der Waals surface area contributed by atoms with Gasteiger partial charge in [-0.05, 0) is 20.8 Å². The minimum absolute atomic E-state index is 0.196. The molecular weight excluding hydrogens is 220 g/mol. The van der Waals surface area contributed by atoms with Gasteiger partial charge in [0.25, 0.3) is 6.01 Å². The Morgan fingerprint density at radius 1 is 1.59 bits per heavy atom. The first-order valence-corrected chi connectivity index (χ1v) is 5.60. The summed E-state index contributed by atoms with van der Waals surface area (Å²) in [5.41, 5.74) is 1.20. The van der Waals surface area contributed by atoms with Gasteiger partial charge in [0.2, 0.25) is 0 Å². The second-order valence-electron chi connectivity index (χ2n) is 3.71. The molecule has 1 rings (SSSR count). The van der Waals surface area contributed by atoms with Gasteiger partial charge in [0, 0.05) is 13.1 Å². The summed E-state index contributed by atoms with van der Waals surface area (Å²) in [5, 5.41) is 0. The summed E-state index contributed by atoms with van der Waals surface area (Å²) in [5.74, 6) is -0.464. The number of carbonyl (C=O) groups is 1. The van der Waals surface area contributed by atoms with Gasteiger partial charge in [0.15, 0.2) is 5.69 Å². The molecule has 0 atom stereocenters. The molecular formula is C12H18N2O3. The predicted octanol–water partition coefficient (Wildman–Crippen LogP) is 2.25. The first kappa shape index (κ1) is 13.3. The lowest BCUT2D eigenvalue weighted by molar-refractivity contribution is 0.0519. The molecule has 0 unspecified atom stereocenters. The molecule has 0 aliphatic heterocycles. The molecule has 0 radical (unpaired) electrons. The van der Waals surface area contributed by atoms with Crippen molar-refractivity contribution in [2.45, 2.75) is 20.8 Å². The topological polar surface area (TPSA) is 55.6 Å². The highest BCUT2D eigenvalue weighted by molar-refractivity contribution is 5.87. The van der Waals surface area contributed by atoms with E-state index in [1.807, 2.05) is 18.7 Å². The average Bonchev–Trinajstić information content (AvgIpc) is 2.75. The summed E-state index contributed by atoms with van der Waals surface area (Å²) in [6.07, 6.45) is 1.31. The largest absolute Gasteiger partial charge is 0.461 e. The Bertz CT molecular complexity index is 398. The molecule has 17 heavy (non-hydrogen) atoms. The van der Waals surface area contributed by atoms with Crippen LogP contribution in [0.3, 0.4) is 0 Å². The number of rotatable bonds is 6. The average molecular weight is 238 g/mol. The van der Waals surface area contributed by atoms with E-state index in [1.54, 1.807) is 6.92 Å². The molecule has 0 aliphatic rings. The van der Waals surface area contributed by atoms with Crippen molar-refractivity contribution in [2.75, 3.05) is 24.6 Å². The summed E-state index contributed by atoms with van der Waals surface area (Å²) >= 11 is 0. The summed E-state index contributed by atoms with van der Waals surface area (Å²) < 4.78 is 10.1. The lowest BCUT2D eigenvalue weighted by Crippen LogP contribution is -2.24. The number of esters is 1. The van der Waals surface area contributed by atoms with Crippen molar-refractivity contribution >= 4 is 12.0 Å². The van der Waals surface area contributed by atoms with Crippen LogP contribution in [0.2, 0.25) is 0 Å². The van der Waals surface area contributed by atoms with Crippen LogP contribution in [-0.4, -0.2) is 30.6 Å². The monoisotopic (exact) mass is 238 g/mol. The van der Waals surface area contributed by atoms with E-state index in [9.17, 15) is 4.79 Å². The molecule has 0 saturated heterocycles. The highest BCUT2D eigenvalue weighted by atomic mass is 16.5. The molecule has 0 fully saturated rings. The number of likely N-dealkylation sites (N-methyl/N-ethyl adjacent to an activating group) is 1. The molecule has 0 spiro atoms. The van der Waals surface area contributed by atoms with Crippen LogP contribution in [0.25, 0.3) is 0 Å². The molecule has 94 valence electrons. The molecule has 1 heterocycles. The van der Waals surface area contributed by atoms with Crippen molar-refractivity contribution in [3.05, 3.63) is 24.1 Å². The number of anilines is 1. The third kappa shape index (κ3) is 3.62. The molecule has 0 bridgehead atoms. The van der Waals surface area contributed by atoms with Crippen LogP contribution in [0.1, 0.15) is 31.3 Å². The molecule has 0 saturated carbocycles. The third-order valence-corrected chi connectivity index (χ3v) is 2.09. The fourth-order valence-corrected chi connectivity index (χ4v) is 1.35. The maximum absolute atomic E-state index is 11.4. The molecule has 0 aromatic carbocycles. The lowest BCUT2D eigenvalue weighted by Gasteiger charge is -2.17. The van der Waals surface area contributed by atoms with E-state index in [4.69, 9.17) is 9.15 Å². The van der Waals surface area contributed by atoms with E-state index >= 15 is 0 Å². The Morgan fingerprint density at radius 3 is 2.82 bits per heavy atom. The van der Waals surface area contributed by atoms with Gasteiger partial charge >= 0.3 is 5.97 Å². The Hall–Kier alpha value is -1.78. The molecule has 1 aromatic heterocycles. The van der Waals surface area contributed by atoms with Crippen LogP contribution in [0.15, 0.2) is 22.8 Å². The van der Waals surface area contributed by atoms with Gasteiger partial charge in [-0.15, -0.1) is 0 Å². The molecule has 0 aliphatic carbocycles. The number of nitrogens with zero attached hydrogens (tertiary/aromatic N) is 2. The second-order valence-corrected chi connectivity index (χ2v) is 3.71. The van der Waals surface area contributed by atoms with Gasteiger partial charge < -0.3 is 14.1 Å². The molecule has 5 nitrogen and oxygen atoms in total. The zero-order chi connectivity index (χ0) is 12.8. The maximum Gasteiger partial charge on any atom is 0.360 e. The summed E-state index contributed by atoms with van der Waals surface area (Å²) in [7, 11) is 0. The van der Waals surface area contributed by atoms with Gasteiger partial charge in [-0.25, -0.2) is 4.79 Å². The first-order valence-electron chi connectivity index (χ1n) is 5.60. The van der Waals surface area contributed by atoms with Gasteiger partial charge in [-0.3, -0.25) is 0 Å². The minimum atomic E-state index is -0.464. The van der Waals surface area contributed by atoms with Crippen molar-refractivity contribution < 1.29 is 13.9 Å². The Balaban J connectivity index is 2.78. The standard InChI is InChI=1S/C12H18N2O3/c1-5-14(7-9(3)4)12-13-10(8-17-12)11(15)16-6-2/h8H,3,5-7H2,1-2,4H3. The molecule has 1 aromatic rings. The van der Waals surface area contributed by atoms with E-state index in [2.05, 4.69) is 11.6 Å². The predicted molar refractivity (Wildman–Crippen MR) is 65.2 cm³/mol. The van der Waals surface area contributed by atoms with Crippen molar-refractivity contribution in [3.8, 4) is 0 Å². The number of hydrogen-bond donors (Lipinski definition) is 0. The van der Waals surface area contributed by atoms with Crippen LogP contribution in [-0.2, 0) is 4.74 Å². The van der Waals surface area contributed by atoms with Crippen LogP contribution >= 0.6 is 0 Å². The smallest absolute Gasteiger partial charge is 0.360 e. The zero-order valence-electron chi connectivity index (χ0n) is 10.5. The van der Waals surface area contributed by atoms with E-state index in [0.717, 1.165) is 12.1 Å². The highest BCUT2D eigenvalue weighted by Gasteiger charge is 2.16. The quantitative estimate of drug-likeness (QED) is 0.562. The Kier molecular flexibility index (Phi) is 4.75. The Morgan fingerprint density at radius 2 is 2.29 bits per heavy atom. The van der Waals surface area contributed by atoms with E-state index in [1.165, 1.54) is 6.26 Å². The number of hydrogen-bond acceptors (Lipinski definition) is 5. The van der Waals surface area contributed by atoms with Gasteiger partial charge in [-0.2, -0.15) is 4.98 Å². The highest BCUT2D eigenvalue weighted by Crippen LogP contribution is 2.15. The summed E-state index contributed by atoms with van der Waals surface area (Å²) in [6.45, 7) is 11.2. The lowest BCUT2D eigenvalue weighted by atomic mass is 10.3. The van der Waals surface area contributed by atoms with E-state index < -0.39 is 5.97 Å². The third-order valence-electron chi connectivity index (χ3n) is 2.09. The normalized spacial score (nSPS) is 10.1. The molecule has 0 N–H and O–H groups in total. The van der Waals surface area contributed by atoms with Gasteiger partial charge in [-0.1, -0.05) is 12.2 Å². The van der Waals surface area contributed by atoms with Crippen molar-refractivity contribution in [1.82, 2.24) is 4.98 Å². The molecule has 0 amide bonds. The van der Waals surface area contributed by atoms with E-state index in [0.29, 0.717) is 19.2 Å². The van der Waals surface area contributed by atoms with Crippen molar-refractivity contribution in [2.24, 2.45) is 0 Å². The number of oxazole rings is 1. The summed E-state index contributed by atoms with van der Waals surface area (Å²) in [6, 6.07) is 0.415. The fraction of sp³-hybridized carbons (Fsp3) is 0.500. The van der Waals surface area contributed by atoms with Gasteiger partial charge in [0.1, 0.15) is 6.26 Å². The second kappa shape index (κ2) is 6.08. The fourth-order valence-electron chi connectivity index (χ4n) is 1.35. The number of ether oxygens (including phenoxy) is 1. The van der Waals surface area contributed by atoms with E-state index in [-0.39, 0.29) is 5.69 Å². The Labute approximate surface area is 101 Å². The number of aromatic nitrogens is 1. The number of carbonyl (C=O) groups excluding carboxylic acids is 1. The minimum Gasteiger partial charge on any atom is -0.461 e. The zero-order valence-corrected chi connectivity index (χ0v) is 10.5. The molecule has 5 heteroatoms. The van der Waals surface area contributed by atoms with Crippen LogP contribution < -0.4 is 4.90 Å². The van der Waals surface area contributed by atoms with Crippen molar-refractivity contribution in [3.63, 3.8) is 0 Å². The van der Waals surface area contributed by atoms with Crippen LogP contribution in [0.5, 0.6) is 0 Å². The van der Waals surface area contributed by atoms with Crippen LogP contribution in [0, 0.1) is 0 Å². The van der Waals surface area contributed by atoms with Crippen molar-refractivity contribution in [1.29, 1.82) is 0 Å². The SMILES string of the molecule is C=C(C)CN(CC)c1nc(C(=O)OCC)co1. The first-order chi connectivity index (χ1) is 8.08.